The molecule has 0 unspecified atom stereocenters. The number of aromatic nitrogens is 3. The maximum atomic E-state index is 14.0. The number of nitrogens with zero attached hydrogens (tertiary/aromatic N) is 4. The molecule has 0 aliphatic carbocycles. The van der Waals surface area contributed by atoms with E-state index < -0.39 is 5.41 Å². The van der Waals surface area contributed by atoms with E-state index in [1.165, 1.54) is 0 Å². The highest BCUT2D eigenvalue weighted by atomic mass is 16.5. The van der Waals surface area contributed by atoms with Crippen LogP contribution in [0.5, 0.6) is 5.75 Å². The van der Waals surface area contributed by atoms with Gasteiger partial charge in [-0.3, -0.25) is 4.79 Å². The number of anilines is 2. The molecule has 33 heavy (non-hydrogen) atoms. The highest BCUT2D eigenvalue weighted by molar-refractivity contribution is 6.08. The Labute approximate surface area is 194 Å². The Balaban J connectivity index is 1.61. The number of carbonyl (C=O) groups excluding carboxylic acids is 1. The largest absolute Gasteiger partial charge is 0.497 e. The van der Waals surface area contributed by atoms with E-state index in [0.29, 0.717) is 6.54 Å². The first-order valence-electron chi connectivity index (χ1n) is 11.5. The summed E-state index contributed by atoms with van der Waals surface area (Å²) in [5.41, 5.74) is 9.33. The molecule has 1 amide bonds. The number of amides is 1. The molecular formula is C25H32N6O2. The predicted molar refractivity (Wildman–Crippen MR) is 129 cm³/mol. The second-order valence-electron chi connectivity index (χ2n) is 10.4. The number of hydrogen-bond acceptors (Lipinski definition) is 6. The van der Waals surface area contributed by atoms with Gasteiger partial charge >= 0.3 is 0 Å². The molecule has 1 aromatic carbocycles. The van der Waals surface area contributed by atoms with Gasteiger partial charge in [-0.1, -0.05) is 20.8 Å². The number of nitrogens with two attached hydrogens (primary N) is 1. The van der Waals surface area contributed by atoms with Crippen LogP contribution in [0.3, 0.4) is 0 Å². The monoisotopic (exact) mass is 448 g/mol. The molecule has 3 aromatic rings. The molecule has 5 rings (SSSR count). The van der Waals surface area contributed by atoms with Crippen LogP contribution in [0.25, 0.3) is 11.0 Å². The van der Waals surface area contributed by atoms with Crippen LogP contribution < -0.4 is 20.7 Å². The first kappa shape index (κ1) is 21.7. The fourth-order valence-electron chi connectivity index (χ4n) is 5.29. The maximum Gasteiger partial charge on any atom is 0.238 e. The van der Waals surface area contributed by atoms with E-state index >= 15 is 0 Å². The number of fused-ring (bicyclic) bond motifs is 3. The van der Waals surface area contributed by atoms with Crippen LogP contribution in [0.2, 0.25) is 0 Å². The fourth-order valence-corrected chi connectivity index (χ4v) is 5.29. The van der Waals surface area contributed by atoms with Crippen molar-refractivity contribution in [2.45, 2.75) is 52.1 Å². The Morgan fingerprint density at radius 2 is 1.97 bits per heavy atom. The van der Waals surface area contributed by atoms with Crippen LogP contribution >= 0.6 is 0 Å². The summed E-state index contributed by atoms with van der Waals surface area (Å²) in [5, 5.41) is 4.34. The number of rotatable bonds is 4. The van der Waals surface area contributed by atoms with E-state index in [4.69, 9.17) is 10.5 Å². The molecule has 0 bridgehead atoms. The smallest absolute Gasteiger partial charge is 0.238 e. The lowest BCUT2D eigenvalue weighted by Gasteiger charge is -2.33. The minimum Gasteiger partial charge on any atom is -0.497 e. The number of ether oxygens (including phenoxy) is 1. The molecule has 8 nitrogen and oxygen atoms in total. The minimum absolute atomic E-state index is 0.0248. The number of piperidine rings is 1. The SMILES string of the molecule is COc1ccc2c(c1)C1(CCNCC1)C(=O)N2Cc1cc2cnc(N)nc2n1CC(C)(C)C. The molecule has 0 atom stereocenters. The van der Waals surface area contributed by atoms with Crippen molar-refractivity contribution in [3.8, 4) is 5.75 Å². The van der Waals surface area contributed by atoms with E-state index in [2.05, 4.69) is 52.8 Å². The number of nitrogen functional groups attached to an aromatic ring is 1. The summed E-state index contributed by atoms with van der Waals surface area (Å²) in [5.74, 6) is 1.21. The van der Waals surface area contributed by atoms with Crippen LogP contribution in [0.15, 0.2) is 30.5 Å². The predicted octanol–water partition coefficient (Wildman–Crippen LogP) is 3.24. The molecule has 2 aliphatic rings. The molecule has 2 aromatic heterocycles. The summed E-state index contributed by atoms with van der Waals surface area (Å²) in [6.45, 7) is 9.47. The molecule has 1 fully saturated rings. The van der Waals surface area contributed by atoms with Crippen molar-refractivity contribution in [1.82, 2.24) is 19.9 Å². The zero-order valence-electron chi connectivity index (χ0n) is 19.8. The van der Waals surface area contributed by atoms with Gasteiger partial charge in [0.05, 0.1) is 19.1 Å². The normalized spacial score (nSPS) is 17.7. The highest BCUT2D eigenvalue weighted by Crippen LogP contribution is 2.49. The fraction of sp³-hybridized carbons (Fsp3) is 0.480. The molecule has 2 aliphatic heterocycles. The average Bonchev–Trinajstić information content (AvgIpc) is 3.21. The van der Waals surface area contributed by atoms with E-state index in [9.17, 15) is 4.79 Å². The Bertz CT molecular complexity index is 1220. The zero-order valence-corrected chi connectivity index (χ0v) is 19.8. The molecular weight excluding hydrogens is 416 g/mol. The second-order valence-corrected chi connectivity index (χ2v) is 10.4. The van der Waals surface area contributed by atoms with Crippen molar-refractivity contribution in [3.05, 3.63) is 41.7 Å². The van der Waals surface area contributed by atoms with Crippen LogP contribution in [-0.4, -0.2) is 40.6 Å². The summed E-state index contributed by atoms with van der Waals surface area (Å²) >= 11 is 0. The van der Waals surface area contributed by atoms with Gasteiger partial charge in [-0.2, -0.15) is 4.98 Å². The van der Waals surface area contributed by atoms with Gasteiger partial charge in [0, 0.05) is 29.5 Å². The zero-order chi connectivity index (χ0) is 23.4. The summed E-state index contributed by atoms with van der Waals surface area (Å²) in [4.78, 5) is 24.7. The van der Waals surface area contributed by atoms with Gasteiger partial charge in [0.1, 0.15) is 11.4 Å². The number of methoxy groups -OCH3 is 1. The topological polar surface area (TPSA) is 98.3 Å². The van der Waals surface area contributed by atoms with E-state index in [0.717, 1.165) is 66.2 Å². The first-order chi connectivity index (χ1) is 15.7. The van der Waals surface area contributed by atoms with E-state index in [-0.39, 0.29) is 17.3 Å². The third-order valence-electron chi connectivity index (χ3n) is 6.81. The number of carbonyl (C=O) groups is 1. The Morgan fingerprint density at radius 1 is 1.21 bits per heavy atom. The lowest BCUT2D eigenvalue weighted by atomic mass is 9.74. The summed E-state index contributed by atoms with van der Waals surface area (Å²) in [6, 6.07) is 8.10. The van der Waals surface area contributed by atoms with Crippen LogP contribution in [0, 0.1) is 5.41 Å². The van der Waals surface area contributed by atoms with Gasteiger partial charge < -0.3 is 25.3 Å². The Kier molecular flexibility index (Phi) is 5.08. The Morgan fingerprint density at radius 3 is 2.67 bits per heavy atom. The maximum absolute atomic E-state index is 14.0. The Hall–Kier alpha value is -3.13. The lowest BCUT2D eigenvalue weighted by molar-refractivity contribution is -0.124. The third kappa shape index (κ3) is 3.62. The number of benzene rings is 1. The quantitative estimate of drug-likeness (QED) is 0.636. The van der Waals surface area contributed by atoms with Crippen LogP contribution in [-0.2, 0) is 23.3 Å². The highest BCUT2D eigenvalue weighted by Gasteiger charge is 2.51. The van der Waals surface area contributed by atoms with E-state index in [1.807, 2.05) is 17.0 Å². The molecule has 174 valence electrons. The molecule has 3 N–H and O–H groups in total. The number of hydrogen-bond donors (Lipinski definition) is 2. The second kappa shape index (κ2) is 7.73. The summed E-state index contributed by atoms with van der Waals surface area (Å²) in [6.07, 6.45) is 3.34. The lowest BCUT2D eigenvalue weighted by Crippen LogP contribution is -2.47. The van der Waals surface area contributed by atoms with Crippen LogP contribution in [0.4, 0.5) is 11.6 Å². The molecule has 8 heteroatoms. The standard InChI is InChI=1S/C25H32N6O2/c1-24(2,3)15-31-17(11-16-13-28-23(26)29-21(16)31)14-30-20-6-5-18(33-4)12-19(20)25(22(30)32)7-9-27-10-8-25/h5-6,11-13,27H,7-10,14-15H2,1-4H3,(H2,26,28,29). The number of nitrogens with one attached hydrogen (secondary N) is 1. The van der Waals surface area contributed by atoms with Crippen molar-refractivity contribution >= 4 is 28.6 Å². The van der Waals surface area contributed by atoms with Crippen molar-refractivity contribution in [1.29, 1.82) is 0 Å². The molecule has 0 radical (unpaired) electrons. The van der Waals surface area contributed by atoms with E-state index in [1.54, 1.807) is 13.3 Å². The van der Waals surface area contributed by atoms with Crippen molar-refractivity contribution in [2.24, 2.45) is 5.41 Å². The van der Waals surface area contributed by atoms with Gasteiger partial charge in [0.2, 0.25) is 11.9 Å². The minimum atomic E-state index is -0.500. The molecule has 1 saturated heterocycles. The van der Waals surface area contributed by atoms with Crippen molar-refractivity contribution in [2.75, 3.05) is 30.8 Å². The van der Waals surface area contributed by atoms with Gasteiger partial charge in [-0.05, 0) is 61.2 Å². The summed E-state index contributed by atoms with van der Waals surface area (Å²) < 4.78 is 7.70. The van der Waals surface area contributed by atoms with Gasteiger partial charge in [-0.25, -0.2) is 4.98 Å². The van der Waals surface area contributed by atoms with Gasteiger partial charge in [0.15, 0.2) is 0 Å². The van der Waals surface area contributed by atoms with Crippen molar-refractivity contribution < 1.29 is 9.53 Å². The molecule has 0 saturated carbocycles. The third-order valence-corrected chi connectivity index (χ3v) is 6.81. The summed E-state index contributed by atoms with van der Waals surface area (Å²) in [7, 11) is 1.67. The molecule has 1 spiro atoms. The average molecular weight is 449 g/mol. The van der Waals surface area contributed by atoms with Crippen LogP contribution in [0.1, 0.15) is 44.9 Å². The first-order valence-corrected chi connectivity index (χ1v) is 11.5. The van der Waals surface area contributed by atoms with Gasteiger partial charge in [-0.15, -0.1) is 0 Å². The van der Waals surface area contributed by atoms with Crippen molar-refractivity contribution in [3.63, 3.8) is 0 Å². The van der Waals surface area contributed by atoms with Gasteiger partial charge in [0.25, 0.3) is 0 Å². The molecule has 4 heterocycles.